The van der Waals surface area contributed by atoms with E-state index in [0.717, 1.165) is 31.8 Å². The highest BCUT2D eigenvalue weighted by Crippen LogP contribution is 2.19. The molecule has 0 radical (unpaired) electrons. The van der Waals surface area contributed by atoms with Crippen LogP contribution in [0.3, 0.4) is 0 Å². The van der Waals surface area contributed by atoms with Crippen LogP contribution in [-0.4, -0.2) is 84.7 Å². The zero-order valence-electron chi connectivity index (χ0n) is 20.6. The number of nitrogens with zero attached hydrogens (tertiary/aromatic N) is 3. The van der Waals surface area contributed by atoms with Crippen LogP contribution in [-0.2, 0) is 14.4 Å². The van der Waals surface area contributed by atoms with Crippen LogP contribution < -0.4 is 10.1 Å². The monoisotopic (exact) mass is 526 g/mol. The number of carbonyl (C=O) groups is 3. The number of amides is 2. The first kappa shape index (κ1) is 29.9. The fraction of sp³-hybridized carbons (Fsp3) is 0.600. The van der Waals surface area contributed by atoms with Crippen molar-refractivity contribution >= 4 is 17.8 Å². The zero-order chi connectivity index (χ0) is 27.3. The van der Waals surface area contributed by atoms with Gasteiger partial charge in [0.05, 0.1) is 18.2 Å². The Morgan fingerprint density at radius 1 is 1.03 bits per heavy atom. The van der Waals surface area contributed by atoms with Gasteiger partial charge < -0.3 is 25.0 Å². The van der Waals surface area contributed by atoms with E-state index < -0.39 is 18.1 Å². The molecule has 0 atom stereocenters. The van der Waals surface area contributed by atoms with Crippen molar-refractivity contribution in [1.82, 2.24) is 15.1 Å². The number of nitrogens with one attached hydrogen (secondary N) is 1. The largest absolute Gasteiger partial charge is 0.494 e. The molecule has 2 aliphatic heterocycles. The Balaban J connectivity index is 0.000000604. The highest BCUT2D eigenvalue weighted by Gasteiger charge is 2.38. The van der Waals surface area contributed by atoms with Crippen molar-refractivity contribution in [3.05, 3.63) is 29.8 Å². The molecule has 0 saturated carbocycles. The first-order valence-electron chi connectivity index (χ1n) is 12.3. The first-order chi connectivity index (χ1) is 17.6. The minimum atomic E-state index is -5.08. The number of benzene rings is 1. The van der Waals surface area contributed by atoms with Crippen molar-refractivity contribution < 1.29 is 37.4 Å². The van der Waals surface area contributed by atoms with Crippen molar-refractivity contribution in [3.8, 4) is 11.8 Å². The fourth-order valence-corrected chi connectivity index (χ4v) is 4.12. The number of piperidine rings is 1. The van der Waals surface area contributed by atoms with Crippen LogP contribution in [0.5, 0.6) is 5.75 Å². The summed E-state index contributed by atoms with van der Waals surface area (Å²) in [4.78, 5) is 37.1. The van der Waals surface area contributed by atoms with Crippen LogP contribution in [0.25, 0.3) is 0 Å². The minimum absolute atomic E-state index is 0.365. The topological polar surface area (TPSA) is 123 Å². The molecule has 2 heterocycles. The predicted octanol–water partition coefficient (Wildman–Crippen LogP) is 2.80. The van der Waals surface area contributed by atoms with E-state index in [1.165, 1.54) is 19.3 Å². The van der Waals surface area contributed by atoms with E-state index >= 15 is 0 Å². The maximum atomic E-state index is 12.4. The Kier molecular flexibility index (Phi) is 12.2. The maximum Gasteiger partial charge on any atom is 0.490 e. The number of hydrogen-bond donors (Lipinski definition) is 2. The Morgan fingerprint density at radius 2 is 1.57 bits per heavy atom. The van der Waals surface area contributed by atoms with Crippen LogP contribution in [0.15, 0.2) is 24.3 Å². The van der Waals surface area contributed by atoms with Gasteiger partial charge in [0, 0.05) is 26.2 Å². The van der Waals surface area contributed by atoms with Crippen LogP contribution >= 0.6 is 0 Å². The van der Waals surface area contributed by atoms with Crippen LogP contribution in [0.2, 0.25) is 0 Å². The Labute approximate surface area is 214 Å². The number of rotatable bonds is 10. The van der Waals surface area contributed by atoms with Crippen LogP contribution in [0.1, 0.15) is 44.1 Å². The van der Waals surface area contributed by atoms with E-state index in [2.05, 4.69) is 11.4 Å². The molecule has 2 saturated heterocycles. The molecule has 37 heavy (non-hydrogen) atoms. The number of ether oxygens (including phenoxy) is 1. The van der Waals surface area contributed by atoms with E-state index in [9.17, 15) is 22.8 Å². The molecule has 2 N–H and O–H groups in total. The van der Waals surface area contributed by atoms with Gasteiger partial charge in [-0.3, -0.25) is 9.59 Å². The summed E-state index contributed by atoms with van der Waals surface area (Å²) in [5, 5.41) is 19.3. The number of carboxylic acids is 1. The van der Waals surface area contributed by atoms with Crippen LogP contribution in [0.4, 0.5) is 13.2 Å². The summed E-state index contributed by atoms with van der Waals surface area (Å²) < 4.78 is 37.4. The summed E-state index contributed by atoms with van der Waals surface area (Å²) in [6.07, 6.45) is 1.41. The van der Waals surface area contributed by atoms with Crippen molar-refractivity contribution in [3.63, 3.8) is 0 Å². The number of piperazine rings is 1. The van der Waals surface area contributed by atoms with Gasteiger partial charge in [0.1, 0.15) is 5.75 Å². The van der Waals surface area contributed by atoms with E-state index in [0.29, 0.717) is 50.5 Å². The Morgan fingerprint density at radius 3 is 2.08 bits per heavy atom. The molecule has 1 aromatic carbocycles. The number of halogens is 3. The number of carboxylic acid groups (broad SMARTS) is 1. The number of aliphatic carboxylic acids is 1. The second-order valence-corrected chi connectivity index (χ2v) is 8.91. The number of nitriles is 1. The third kappa shape index (κ3) is 10.7. The fourth-order valence-electron chi connectivity index (χ4n) is 4.12. The van der Waals surface area contributed by atoms with Crippen molar-refractivity contribution in [2.45, 2.75) is 44.7 Å². The molecule has 2 fully saturated rings. The molecule has 9 nitrogen and oxygen atoms in total. The number of hydrogen-bond acceptors (Lipinski definition) is 6. The highest BCUT2D eigenvalue weighted by molar-refractivity contribution is 6.35. The molecule has 2 aliphatic rings. The number of alkyl halides is 3. The van der Waals surface area contributed by atoms with Gasteiger partial charge in [-0.1, -0.05) is 12.8 Å². The van der Waals surface area contributed by atoms with Gasteiger partial charge in [-0.2, -0.15) is 18.4 Å². The molecule has 1 aromatic rings. The van der Waals surface area contributed by atoms with E-state index in [4.69, 9.17) is 19.9 Å². The summed E-state index contributed by atoms with van der Waals surface area (Å²) in [7, 11) is 0. The van der Waals surface area contributed by atoms with Gasteiger partial charge in [-0.25, -0.2) is 4.79 Å². The maximum absolute atomic E-state index is 12.4. The van der Waals surface area contributed by atoms with E-state index in [1.807, 2.05) is 0 Å². The summed E-state index contributed by atoms with van der Waals surface area (Å²) in [6.45, 7) is 5.13. The average Bonchev–Trinajstić information content (AvgIpc) is 2.88. The summed E-state index contributed by atoms with van der Waals surface area (Å²) in [5.41, 5.74) is 0.593. The lowest BCUT2D eigenvalue weighted by Crippen LogP contribution is -2.54. The number of carbonyl (C=O) groups excluding carboxylic acids is 2. The molecule has 0 bridgehead atoms. The summed E-state index contributed by atoms with van der Waals surface area (Å²) in [6, 6.07) is 9.01. The van der Waals surface area contributed by atoms with Gasteiger partial charge in [-0.05, 0) is 69.0 Å². The summed E-state index contributed by atoms with van der Waals surface area (Å²) in [5.74, 6) is -2.00. The van der Waals surface area contributed by atoms with Gasteiger partial charge in [-0.15, -0.1) is 0 Å². The summed E-state index contributed by atoms with van der Waals surface area (Å²) >= 11 is 0. The van der Waals surface area contributed by atoms with Gasteiger partial charge >= 0.3 is 24.0 Å². The lowest BCUT2D eigenvalue weighted by atomic mass is 9.92. The quantitative estimate of drug-likeness (QED) is 0.355. The molecule has 12 heteroatoms. The van der Waals surface area contributed by atoms with Crippen molar-refractivity contribution in [2.75, 3.05) is 45.9 Å². The van der Waals surface area contributed by atoms with Crippen LogP contribution in [0, 0.1) is 17.2 Å². The van der Waals surface area contributed by atoms with E-state index in [-0.39, 0.29) is 5.91 Å². The molecule has 204 valence electrons. The minimum Gasteiger partial charge on any atom is -0.494 e. The molecular formula is C25H33F3N4O5. The van der Waals surface area contributed by atoms with E-state index in [1.54, 1.807) is 34.1 Å². The van der Waals surface area contributed by atoms with Gasteiger partial charge in [0.2, 0.25) is 0 Å². The Bertz CT molecular complexity index is 928. The van der Waals surface area contributed by atoms with Gasteiger partial charge in [0.25, 0.3) is 0 Å². The highest BCUT2D eigenvalue weighted by atomic mass is 19.4. The molecule has 0 spiro atoms. The molecule has 0 unspecified atom stereocenters. The van der Waals surface area contributed by atoms with Crippen molar-refractivity contribution in [1.29, 1.82) is 5.26 Å². The van der Waals surface area contributed by atoms with Crippen molar-refractivity contribution in [2.24, 2.45) is 5.92 Å². The Hall–Kier alpha value is -3.33. The smallest absolute Gasteiger partial charge is 0.490 e. The SMILES string of the molecule is N#Cc1ccc(OCCCN2CCN(CCCCC3CCNCC3)C(=O)C2=O)cc1.O=C(O)C(F)(F)F. The lowest BCUT2D eigenvalue weighted by molar-refractivity contribution is -0.192. The third-order valence-electron chi connectivity index (χ3n) is 6.21. The predicted molar refractivity (Wildman–Crippen MR) is 128 cm³/mol. The second-order valence-electron chi connectivity index (χ2n) is 8.91. The number of unbranched alkanes of at least 4 members (excludes halogenated alkanes) is 1. The molecular weight excluding hydrogens is 493 g/mol. The molecule has 0 aliphatic carbocycles. The molecule has 3 rings (SSSR count). The first-order valence-corrected chi connectivity index (χ1v) is 12.3. The second kappa shape index (κ2) is 15.0. The van der Waals surface area contributed by atoms with Gasteiger partial charge in [0.15, 0.2) is 0 Å². The average molecular weight is 527 g/mol. The normalized spacial score (nSPS) is 16.6. The third-order valence-corrected chi connectivity index (χ3v) is 6.21. The zero-order valence-corrected chi connectivity index (χ0v) is 20.6. The lowest BCUT2D eigenvalue weighted by Gasteiger charge is -2.34. The molecule has 0 aromatic heterocycles. The standard InChI is InChI=1S/C23H32N4O3.C2HF3O2/c24-18-20-5-7-21(8-6-20)30-17-3-14-27-16-15-26(22(28)23(27)29)13-2-1-4-19-9-11-25-12-10-19;3-2(4,5)1(6)7/h5-8,19,25H,1-4,9-17H2;(H,6,7). The molecule has 2 amide bonds.